The van der Waals surface area contributed by atoms with Crippen molar-refractivity contribution in [2.24, 2.45) is 0 Å². The summed E-state index contributed by atoms with van der Waals surface area (Å²) in [5.74, 6) is 0. The highest BCUT2D eigenvalue weighted by Gasteiger charge is 2.10. The van der Waals surface area contributed by atoms with Gasteiger partial charge >= 0.3 is 0 Å². The van der Waals surface area contributed by atoms with Gasteiger partial charge in [0.15, 0.2) is 0 Å². The van der Waals surface area contributed by atoms with E-state index in [0.29, 0.717) is 4.83 Å². The van der Waals surface area contributed by atoms with E-state index < -0.39 is 0 Å². The minimum atomic E-state index is 0.510. The van der Waals surface area contributed by atoms with Crippen molar-refractivity contribution in [3.8, 4) is 0 Å². The fourth-order valence-electron chi connectivity index (χ4n) is 1.65. The highest BCUT2D eigenvalue weighted by atomic mass is 79.9. The molecule has 16 heavy (non-hydrogen) atoms. The summed E-state index contributed by atoms with van der Waals surface area (Å²) in [5.41, 5.74) is 1.17. The third-order valence-corrected chi connectivity index (χ3v) is 4.83. The van der Waals surface area contributed by atoms with E-state index in [2.05, 4.69) is 45.8 Å². The van der Waals surface area contributed by atoms with Crippen molar-refractivity contribution in [3.05, 3.63) is 23.0 Å². The molecule has 1 atom stereocenters. The molecule has 0 aromatic carbocycles. The van der Waals surface area contributed by atoms with Gasteiger partial charge in [-0.25, -0.2) is 9.97 Å². The maximum absolute atomic E-state index is 4.41. The lowest BCUT2D eigenvalue weighted by Crippen LogP contribution is -2.03. The molecule has 0 saturated heterocycles. The monoisotopic (exact) mass is 298 g/mol. The Balaban J connectivity index is 2.40. The van der Waals surface area contributed by atoms with E-state index in [9.17, 15) is 0 Å². The number of rotatable bonds is 4. The molecule has 2 aromatic rings. The number of thiophene rings is 1. The molecular weight excluding hydrogens is 284 g/mol. The lowest BCUT2D eigenvalue weighted by Gasteiger charge is -2.06. The number of fused-ring (bicyclic) bond motifs is 1. The summed E-state index contributed by atoms with van der Waals surface area (Å²) < 4.78 is 0. The zero-order valence-corrected chi connectivity index (χ0v) is 11.9. The van der Waals surface area contributed by atoms with Gasteiger partial charge in [0, 0.05) is 21.5 Å². The van der Waals surface area contributed by atoms with Crippen LogP contribution in [-0.4, -0.2) is 14.8 Å². The van der Waals surface area contributed by atoms with Crippen LogP contribution in [0.5, 0.6) is 0 Å². The molecule has 0 fully saturated rings. The molecule has 0 aliphatic heterocycles. The molecule has 1 unspecified atom stereocenters. The number of halogens is 1. The molecular formula is C12H15BrN2S. The molecule has 0 spiro atoms. The maximum Gasteiger partial charge on any atom is 0.127 e. The van der Waals surface area contributed by atoms with Crippen LogP contribution in [0.3, 0.4) is 0 Å². The van der Waals surface area contributed by atoms with E-state index in [0.717, 1.165) is 24.1 Å². The van der Waals surface area contributed by atoms with Crippen LogP contribution in [0.2, 0.25) is 0 Å². The molecule has 0 saturated carbocycles. The number of aromatic nitrogens is 2. The molecule has 2 nitrogen and oxygen atoms in total. The van der Waals surface area contributed by atoms with Crippen LogP contribution < -0.4 is 0 Å². The average Bonchev–Trinajstić information content (AvgIpc) is 2.73. The topological polar surface area (TPSA) is 25.8 Å². The van der Waals surface area contributed by atoms with Crippen LogP contribution in [0.15, 0.2) is 12.4 Å². The van der Waals surface area contributed by atoms with E-state index in [-0.39, 0.29) is 0 Å². The van der Waals surface area contributed by atoms with E-state index in [1.54, 1.807) is 17.7 Å². The lowest BCUT2D eigenvalue weighted by atomic mass is 10.1. The van der Waals surface area contributed by atoms with Gasteiger partial charge < -0.3 is 0 Å². The van der Waals surface area contributed by atoms with Gasteiger partial charge in [-0.05, 0) is 18.9 Å². The third kappa shape index (κ3) is 2.43. The fourth-order valence-corrected chi connectivity index (χ4v) is 2.91. The van der Waals surface area contributed by atoms with Crippen LogP contribution in [0.25, 0.3) is 10.2 Å². The quantitative estimate of drug-likeness (QED) is 0.798. The highest BCUT2D eigenvalue weighted by molar-refractivity contribution is 9.09. The minimum Gasteiger partial charge on any atom is -0.241 e. The van der Waals surface area contributed by atoms with Crippen molar-refractivity contribution in [2.45, 2.75) is 37.9 Å². The van der Waals surface area contributed by atoms with Gasteiger partial charge in [-0.15, -0.1) is 11.3 Å². The summed E-state index contributed by atoms with van der Waals surface area (Å²) in [7, 11) is 0. The second kappa shape index (κ2) is 5.23. The SMILES string of the molecule is CCc1cc2c(CC(Br)CC)ncnc2s1. The Kier molecular flexibility index (Phi) is 3.92. The highest BCUT2D eigenvalue weighted by Crippen LogP contribution is 2.27. The predicted molar refractivity (Wildman–Crippen MR) is 73.5 cm³/mol. The van der Waals surface area contributed by atoms with Crippen LogP contribution >= 0.6 is 27.3 Å². The van der Waals surface area contributed by atoms with Gasteiger partial charge in [0.25, 0.3) is 0 Å². The van der Waals surface area contributed by atoms with E-state index in [1.807, 2.05) is 0 Å². The summed E-state index contributed by atoms with van der Waals surface area (Å²) in [5, 5.41) is 1.24. The number of nitrogens with zero attached hydrogens (tertiary/aromatic N) is 2. The molecule has 2 heterocycles. The number of alkyl halides is 1. The number of hydrogen-bond acceptors (Lipinski definition) is 3. The normalized spacial score (nSPS) is 13.2. The smallest absolute Gasteiger partial charge is 0.127 e. The predicted octanol–water partition coefficient (Wildman–Crippen LogP) is 3.97. The van der Waals surface area contributed by atoms with Gasteiger partial charge in [-0.2, -0.15) is 0 Å². The van der Waals surface area contributed by atoms with Gasteiger partial charge in [0.2, 0.25) is 0 Å². The van der Waals surface area contributed by atoms with Crippen molar-refractivity contribution in [3.63, 3.8) is 0 Å². The molecule has 4 heteroatoms. The van der Waals surface area contributed by atoms with Gasteiger partial charge in [-0.1, -0.05) is 29.8 Å². The first-order valence-electron chi connectivity index (χ1n) is 5.61. The van der Waals surface area contributed by atoms with Gasteiger partial charge in [-0.3, -0.25) is 0 Å². The van der Waals surface area contributed by atoms with Crippen molar-refractivity contribution in [2.75, 3.05) is 0 Å². The second-order valence-electron chi connectivity index (χ2n) is 3.82. The zero-order valence-electron chi connectivity index (χ0n) is 9.53. The molecule has 2 rings (SSSR count). The molecule has 0 amide bonds. The molecule has 0 aliphatic rings. The summed E-state index contributed by atoms with van der Waals surface area (Å²) in [6.07, 6.45) is 4.86. The number of hydrogen-bond donors (Lipinski definition) is 0. The van der Waals surface area contributed by atoms with Gasteiger partial charge in [0.05, 0.1) is 5.69 Å². The first-order valence-corrected chi connectivity index (χ1v) is 7.34. The van der Waals surface area contributed by atoms with Crippen LogP contribution in [-0.2, 0) is 12.8 Å². The van der Waals surface area contributed by atoms with E-state index in [1.165, 1.54) is 16.0 Å². The Morgan fingerprint density at radius 3 is 2.88 bits per heavy atom. The summed E-state index contributed by atoms with van der Waals surface area (Å²) >= 11 is 5.45. The Morgan fingerprint density at radius 1 is 1.38 bits per heavy atom. The van der Waals surface area contributed by atoms with Crippen molar-refractivity contribution < 1.29 is 0 Å². The molecule has 0 bridgehead atoms. The molecule has 0 radical (unpaired) electrons. The first kappa shape index (κ1) is 12.0. The maximum atomic E-state index is 4.41. The van der Waals surface area contributed by atoms with Crippen molar-refractivity contribution in [1.82, 2.24) is 9.97 Å². The Hall–Kier alpha value is -0.480. The second-order valence-corrected chi connectivity index (χ2v) is 6.23. The minimum absolute atomic E-state index is 0.510. The molecule has 86 valence electrons. The van der Waals surface area contributed by atoms with E-state index in [4.69, 9.17) is 0 Å². The van der Waals surface area contributed by atoms with E-state index >= 15 is 0 Å². The zero-order chi connectivity index (χ0) is 11.5. The first-order chi connectivity index (χ1) is 7.74. The largest absolute Gasteiger partial charge is 0.241 e. The molecule has 0 aliphatic carbocycles. The summed E-state index contributed by atoms with van der Waals surface area (Å²) in [6.45, 7) is 4.36. The molecule has 2 aromatic heterocycles. The standard InChI is InChI=1S/C12H15BrN2S/c1-3-8(13)5-11-10-6-9(4-2)16-12(10)15-7-14-11/h6-8H,3-5H2,1-2H3. The van der Waals surface area contributed by atoms with Crippen LogP contribution in [0.1, 0.15) is 30.8 Å². The van der Waals surface area contributed by atoms with Crippen molar-refractivity contribution >= 4 is 37.5 Å². The number of aryl methyl sites for hydroxylation is 1. The summed E-state index contributed by atoms with van der Waals surface area (Å²) in [4.78, 5) is 11.8. The van der Waals surface area contributed by atoms with Crippen molar-refractivity contribution in [1.29, 1.82) is 0 Å². The van der Waals surface area contributed by atoms with Crippen LogP contribution in [0, 0.1) is 0 Å². The Labute approximate surface area is 108 Å². The Morgan fingerprint density at radius 2 is 2.19 bits per heavy atom. The Bertz CT molecular complexity index is 481. The lowest BCUT2D eigenvalue weighted by molar-refractivity contribution is 0.812. The van der Waals surface area contributed by atoms with Crippen LogP contribution in [0.4, 0.5) is 0 Å². The molecule has 0 N–H and O–H groups in total. The summed E-state index contributed by atoms with van der Waals surface area (Å²) in [6, 6.07) is 2.24. The average molecular weight is 299 g/mol. The van der Waals surface area contributed by atoms with Gasteiger partial charge in [0.1, 0.15) is 11.2 Å². The third-order valence-electron chi connectivity index (χ3n) is 2.67. The fraction of sp³-hybridized carbons (Fsp3) is 0.500.